The number of nitrogens with zero attached hydrogens (tertiary/aromatic N) is 5. The Bertz CT molecular complexity index is 2180. The molecule has 278 valence electrons. The summed E-state index contributed by atoms with van der Waals surface area (Å²) in [5, 5.41) is 23.2. The van der Waals surface area contributed by atoms with Crippen molar-refractivity contribution in [1.82, 2.24) is 19.8 Å². The fraction of sp³-hybridized carbons (Fsp3) is 0.439. The Kier molecular flexibility index (Phi) is 9.12. The molecule has 3 aliphatic heterocycles. The first kappa shape index (κ1) is 36.5. The van der Waals surface area contributed by atoms with Gasteiger partial charge in [-0.3, -0.25) is 9.69 Å². The van der Waals surface area contributed by atoms with Crippen LogP contribution in [0, 0.1) is 24.0 Å². The Hall–Kier alpha value is -4.83. The van der Waals surface area contributed by atoms with E-state index in [1.807, 2.05) is 0 Å². The average Bonchev–Trinajstić information content (AvgIpc) is 3.78. The number of aromatic nitrogens is 2. The molecule has 4 heterocycles. The molecule has 53 heavy (non-hydrogen) atoms. The van der Waals surface area contributed by atoms with Gasteiger partial charge in [0.1, 0.15) is 29.5 Å². The van der Waals surface area contributed by atoms with Crippen molar-refractivity contribution in [3.8, 4) is 35.2 Å². The molecule has 4 aromatic rings. The van der Waals surface area contributed by atoms with Crippen LogP contribution in [-0.4, -0.2) is 92.9 Å². The van der Waals surface area contributed by atoms with Crippen molar-refractivity contribution in [2.75, 3.05) is 44.7 Å². The zero-order valence-corrected chi connectivity index (χ0v) is 30.7. The summed E-state index contributed by atoms with van der Waals surface area (Å²) in [4.78, 5) is 28.2. The Morgan fingerprint density at radius 1 is 1.19 bits per heavy atom. The van der Waals surface area contributed by atoms with Crippen molar-refractivity contribution in [1.29, 1.82) is 0 Å². The van der Waals surface area contributed by atoms with E-state index in [0.717, 1.165) is 38.8 Å². The highest BCUT2D eigenvalue weighted by Gasteiger charge is 2.46. The van der Waals surface area contributed by atoms with E-state index < -0.39 is 28.8 Å². The summed E-state index contributed by atoms with van der Waals surface area (Å²) >= 11 is 0. The van der Waals surface area contributed by atoms with Crippen molar-refractivity contribution in [2.24, 2.45) is 5.73 Å². The van der Waals surface area contributed by atoms with E-state index >= 15 is 8.78 Å². The number of benzene rings is 3. The number of anilines is 1. The van der Waals surface area contributed by atoms with Gasteiger partial charge < -0.3 is 30.5 Å². The number of hydrogen-bond donors (Lipinski definition) is 3. The molecule has 2 atom stereocenters. The lowest BCUT2D eigenvalue weighted by atomic mass is 9.83. The molecule has 0 bridgehead atoms. The van der Waals surface area contributed by atoms with E-state index in [1.54, 1.807) is 43.7 Å². The van der Waals surface area contributed by atoms with Crippen LogP contribution in [0.3, 0.4) is 0 Å². The molecule has 4 N–H and O–H groups in total. The van der Waals surface area contributed by atoms with Crippen molar-refractivity contribution in [3.63, 3.8) is 0 Å². The molecule has 0 saturated carbocycles. The van der Waals surface area contributed by atoms with E-state index in [9.17, 15) is 15.0 Å². The Labute approximate surface area is 308 Å². The molecule has 1 aromatic heterocycles. The number of ether oxygens (including phenoxy) is 1. The van der Waals surface area contributed by atoms with Crippen molar-refractivity contribution in [3.05, 3.63) is 65.7 Å². The van der Waals surface area contributed by atoms with Crippen LogP contribution < -0.4 is 15.4 Å². The Morgan fingerprint density at radius 2 is 1.91 bits per heavy atom. The predicted molar refractivity (Wildman–Crippen MR) is 202 cm³/mol. The minimum Gasteiger partial charge on any atom is -0.508 e. The van der Waals surface area contributed by atoms with Gasteiger partial charge in [-0.25, -0.2) is 8.78 Å². The number of phenols is 1. The third-order valence-electron chi connectivity index (χ3n) is 11.6. The third-order valence-corrected chi connectivity index (χ3v) is 11.6. The molecule has 0 spiro atoms. The second-order valence-corrected chi connectivity index (χ2v) is 15.7. The average molecular weight is 725 g/mol. The number of likely N-dealkylation sites (tertiary alicyclic amines) is 1. The number of terminal acetylenes is 1. The van der Waals surface area contributed by atoms with Crippen molar-refractivity contribution < 1.29 is 28.5 Å². The largest absolute Gasteiger partial charge is 0.508 e. The van der Waals surface area contributed by atoms with Crippen LogP contribution in [0.15, 0.2) is 43.0 Å². The van der Waals surface area contributed by atoms with Gasteiger partial charge in [0.05, 0.1) is 22.7 Å². The van der Waals surface area contributed by atoms with Gasteiger partial charge >= 0.3 is 6.01 Å². The highest BCUT2D eigenvalue weighted by atomic mass is 19.1. The zero-order valence-electron chi connectivity index (χ0n) is 30.7. The maximum atomic E-state index is 17.7. The van der Waals surface area contributed by atoms with Gasteiger partial charge in [-0.2, -0.15) is 9.97 Å². The number of likely N-dealkylation sites (N-methyl/N-ethyl adjacent to an activating group) is 1. The number of carbonyl (C=O) groups excluding carboxylic acids is 1. The minimum absolute atomic E-state index is 0.00379. The number of fused-ring (bicyclic) bond motifs is 3. The molecule has 3 fully saturated rings. The van der Waals surface area contributed by atoms with Gasteiger partial charge in [0.15, 0.2) is 5.82 Å². The van der Waals surface area contributed by atoms with E-state index in [1.165, 1.54) is 30.3 Å². The summed E-state index contributed by atoms with van der Waals surface area (Å²) in [5.41, 5.74) is 4.57. The number of hydrogen-bond acceptors (Lipinski definition) is 9. The first-order valence-corrected chi connectivity index (χ1v) is 18.1. The minimum atomic E-state index is -1.22. The first-order valence-electron chi connectivity index (χ1n) is 18.1. The molecular weight excluding hydrogens is 678 g/mol. The summed E-state index contributed by atoms with van der Waals surface area (Å²) in [6.07, 6.45) is 11.5. The first-order chi connectivity index (χ1) is 25.1. The van der Waals surface area contributed by atoms with Gasteiger partial charge in [0.2, 0.25) is 5.91 Å². The monoisotopic (exact) mass is 724 g/mol. The molecule has 12 heteroatoms. The molecule has 0 aliphatic carbocycles. The Morgan fingerprint density at radius 3 is 2.57 bits per heavy atom. The fourth-order valence-electron chi connectivity index (χ4n) is 8.77. The lowest BCUT2D eigenvalue weighted by molar-refractivity contribution is -0.128. The van der Waals surface area contributed by atoms with Crippen LogP contribution in [0.1, 0.15) is 64.0 Å². The van der Waals surface area contributed by atoms with Gasteiger partial charge in [-0.05, 0) is 113 Å². The number of phenolic OH excluding ortho intramolecular Hbond substituents is 1. The quantitative estimate of drug-likeness (QED) is 0.150. The van der Waals surface area contributed by atoms with Crippen LogP contribution in [0.2, 0.25) is 0 Å². The highest BCUT2D eigenvalue weighted by Crippen LogP contribution is 2.45. The second kappa shape index (κ2) is 13.2. The third kappa shape index (κ3) is 6.24. The second-order valence-electron chi connectivity index (χ2n) is 15.7. The van der Waals surface area contributed by atoms with Crippen LogP contribution in [0.4, 0.5) is 14.6 Å². The molecular formula is C41H46F2N6O4. The number of rotatable bonds is 9. The summed E-state index contributed by atoms with van der Waals surface area (Å²) in [5.74, 6) is 0.790. The van der Waals surface area contributed by atoms with Gasteiger partial charge in [0, 0.05) is 42.0 Å². The van der Waals surface area contributed by atoms with Gasteiger partial charge in [-0.1, -0.05) is 18.6 Å². The van der Waals surface area contributed by atoms with Crippen LogP contribution in [-0.2, 0) is 10.3 Å². The molecule has 3 aliphatic rings. The lowest BCUT2D eigenvalue weighted by Gasteiger charge is -2.35. The highest BCUT2D eigenvalue weighted by molar-refractivity contribution is 6.05. The molecule has 7 rings (SSSR count). The standard InChI is InChI=1S/C41H46F2N6O4/c1-7-26-30(42)12-11-24-19-25(50)20-27(33(24)26)34-29(39(3,4)44)21-28-36(35(34)43)45-38(53-23-41-13-9-16-48(41)17-10-14-41)46-37(28)47(6)22-31-40(5,52)15-18-49(31)32(51)8-2/h1,8,11-12,19-21,31,50,52H,2,9-10,13-18,22-23,44H2,3-6H3/t31-,40?/m1/s1. The molecule has 10 nitrogen and oxygen atoms in total. The van der Waals surface area contributed by atoms with Crippen LogP contribution in [0.5, 0.6) is 11.8 Å². The van der Waals surface area contributed by atoms with E-state index in [0.29, 0.717) is 41.7 Å². The molecule has 1 unspecified atom stereocenters. The van der Waals surface area contributed by atoms with E-state index in [4.69, 9.17) is 21.9 Å². The number of aromatic hydroxyl groups is 1. The zero-order chi connectivity index (χ0) is 38.0. The summed E-state index contributed by atoms with van der Waals surface area (Å²) < 4.78 is 39.3. The SMILES string of the molecule is C#Cc1c(F)ccc2cc(O)cc(-c3c(C(C)(C)N)cc4c(N(C)C[C@H]5N(C(=O)C=C)CCC5(C)O)nc(OCC56CCCN5CCC6)nc4c3F)c12. The van der Waals surface area contributed by atoms with Crippen molar-refractivity contribution >= 4 is 33.4 Å². The number of nitrogens with two attached hydrogens (primary N) is 1. The lowest BCUT2D eigenvalue weighted by Crippen LogP contribution is -2.51. The number of amides is 1. The van der Waals surface area contributed by atoms with E-state index in [2.05, 4.69) is 22.4 Å². The maximum absolute atomic E-state index is 17.7. The number of halogens is 2. The summed E-state index contributed by atoms with van der Waals surface area (Å²) in [7, 11) is 1.76. The fourth-order valence-corrected chi connectivity index (χ4v) is 8.77. The molecule has 3 aromatic carbocycles. The number of aliphatic hydroxyl groups is 1. The van der Waals surface area contributed by atoms with Crippen molar-refractivity contribution in [2.45, 2.75) is 75.6 Å². The number of carbonyl (C=O) groups is 1. The summed E-state index contributed by atoms with van der Waals surface area (Å²) in [6, 6.07) is 6.53. The van der Waals surface area contributed by atoms with Gasteiger partial charge in [0.25, 0.3) is 0 Å². The summed E-state index contributed by atoms with van der Waals surface area (Å²) in [6.45, 7) is 11.6. The van der Waals surface area contributed by atoms with Crippen LogP contribution >= 0.6 is 0 Å². The topological polar surface area (TPSA) is 128 Å². The maximum Gasteiger partial charge on any atom is 0.319 e. The molecule has 3 saturated heterocycles. The normalized spacial score (nSPS) is 21.3. The van der Waals surface area contributed by atoms with Gasteiger partial charge in [-0.15, -0.1) is 6.42 Å². The Balaban J connectivity index is 1.46. The molecule has 1 amide bonds. The predicted octanol–water partition coefficient (Wildman–Crippen LogP) is 5.59. The van der Waals surface area contributed by atoms with E-state index in [-0.39, 0.29) is 57.3 Å². The smallest absolute Gasteiger partial charge is 0.319 e. The molecule has 0 radical (unpaired) electrons. The van der Waals surface area contributed by atoms with Crippen LogP contribution in [0.25, 0.3) is 32.8 Å².